The van der Waals surface area contributed by atoms with Crippen LogP contribution in [-0.4, -0.2) is 24.3 Å². The molecule has 0 saturated heterocycles. The summed E-state index contributed by atoms with van der Waals surface area (Å²) in [6.45, 7) is 9.90. The van der Waals surface area contributed by atoms with E-state index in [1.807, 2.05) is 20.8 Å². The van der Waals surface area contributed by atoms with Gasteiger partial charge in [0, 0.05) is 0 Å². The van der Waals surface area contributed by atoms with Gasteiger partial charge in [-0.15, -0.1) is 0 Å². The fourth-order valence-electron chi connectivity index (χ4n) is 1.33. The summed E-state index contributed by atoms with van der Waals surface area (Å²) in [4.78, 5) is 16.1. The highest BCUT2D eigenvalue weighted by Crippen LogP contribution is 2.09. The molecule has 0 unspecified atom stereocenters. The number of amides is 1. The van der Waals surface area contributed by atoms with Gasteiger partial charge in [0.05, 0.1) is 12.6 Å². The molecule has 0 aromatic rings. The highest BCUT2D eigenvalue weighted by molar-refractivity contribution is 5.68. The third-order valence-electron chi connectivity index (χ3n) is 1.77. The van der Waals surface area contributed by atoms with Crippen LogP contribution < -0.4 is 11.2 Å². The first-order chi connectivity index (χ1) is 7.24. The maximum absolute atomic E-state index is 11.5. The van der Waals surface area contributed by atoms with Crippen LogP contribution in [0.25, 0.3) is 0 Å². The van der Waals surface area contributed by atoms with E-state index < -0.39 is 11.7 Å². The second kappa shape index (κ2) is 6.70. The minimum absolute atomic E-state index is 0.111. The molecule has 0 heterocycles. The molecular formula is C11H24N2O3. The molecule has 0 aromatic heterocycles. The van der Waals surface area contributed by atoms with Gasteiger partial charge in [0.2, 0.25) is 0 Å². The van der Waals surface area contributed by atoms with Gasteiger partial charge in [0.15, 0.2) is 0 Å². The fourth-order valence-corrected chi connectivity index (χ4v) is 1.33. The van der Waals surface area contributed by atoms with Crippen LogP contribution in [0.4, 0.5) is 4.79 Å². The first-order valence-corrected chi connectivity index (χ1v) is 5.55. The van der Waals surface area contributed by atoms with Gasteiger partial charge in [-0.2, -0.15) is 0 Å². The quantitative estimate of drug-likeness (QED) is 0.709. The Bertz CT molecular complexity index is 212. The molecule has 0 aliphatic heterocycles. The first-order valence-electron chi connectivity index (χ1n) is 5.55. The SMILES string of the molecule is CC(C)C[C@H](CON)NC(=O)OC(C)(C)C. The second-order valence-electron chi connectivity index (χ2n) is 5.31. The zero-order chi connectivity index (χ0) is 12.8. The van der Waals surface area contributed by atoms with Gasteiger partial charge < -0.3 is 14.9 Å². The molecule has 16 heavy (non-hydrogen) atoms. The molecule has 96 valence electrons. The van der Waals surface area contributed by atoms with Gasteiger partial charge in [-0.25, -0.2) is 10.7 Å². The van der Waals surface area contributed by atoms with Crippen molar-refractivity contribution in [2.45, 2.75) is 52.7 Å². The van der Waals surface area contributed by atoms with E-state index in [2.05, 4.69) is 24.0 Å². The van der Waals surface area contributed by atoms with E-state index in [9.17, 15) is 4.79 Å². The Hall–Kier alpha value is -0.810. The van der Waals surface area contributed by atoms with E-state index >= 15 is 0 Å². The Morgan fingerprint density at radius 2 is 1.94 bits per heavy atom. The standard InChI is InChI=1S/C11H24N2O3/c1-8(2)6-9(7-15-12)13-10(14)16-11(3,4)5/h8-9H,6-7,12H2,1-5H3,(H,13,14)/t9-/m1/s1. The summed E-state index contributed by atoms with van der Waals surface area (Å²) in [6, 6.07) is -0.111. The Morgan fingerprint density at radius 3 is 2.31 bits per heavy atom. The Labute approximate surface area is 97.6 Å². The summed E-state index contributed by atoms with van der Waals surface area (Å²) in [5, 5.41) is 2.74. The number of carbonyl (C=O) groups excluding carboxylic acids is 1. The van der Waals surface area contributed by atoms with Crippen molar-refractivity contribution in [1.29, 1.82) is 0 Å². The molecule has 1 atom stereocenters. The van der Waals surface area contributed by atoms with Crippen LogP contribution in [0.3, 0.4) is 0 Å². The van der Waals surface area contributed by atoms with Gasteiger partial charge in [0.1, 0.15) is 5.60 Å². The van der Waals surface area contributed by atoms with Crippen LogP contribution in [-0.2, 0) is 9.57 Å². The number of hydrogen-bond acceptors (Lipinski definition) is 4. The summed E-state index contributed by atoms with van der Waals surface area (Å²) in [6.07, 6.45) is 0.367. The highest BCUT2D eigenvalue weighted by Gasteiger charge is 2.20. The maximum Gasteiger partial charge on any atom is 0.407 e. The lowest BCUT2D eigenvalue weighted by molar-refractivity contribution is 0.0428. The molecule has 3 N–H and O–H groups in total. The number of alkyl carbamates (subject to hydrolysis) is 1. The summed E-state index contributed by atoms with van der Waals surface area (Å²) < 4.78 is 5.15. The smallest absolute Gasteiger partial charge is 0.407 e. The first kappa shape index (κ1) is 15.2. The summed E-state index contributed by atoms with van der Waals surface area (Å²) in [5.74, 6) is 5.47. The number of ether oxygens (including phenoxy) is 1. The lowest BCUT2D eigenvalue weighted by Crippen LogP contribution is -2.42. The molecule has 0 bridgehead atoms. The third-order valence-corrected chi connectivity index (χ3v) is 1.77. The highest BCUT2D eigenvalue weighted by atomic mass is 16.6. The zero-order valence-electron chi connectivity index (χ0n) is 10.9. The van der Waals surface area contributed by atoms with E-state index in [-0.39, 0.29) is 12.6 Å². The van der Waals surface area contributed by atoms with Crippen molar-refractivity contribution in [3.8, 4) is 0 Å². The lowest BCUT2D eigenvalue weighted by atomic mass is 10.0. The molecule has 5 nitrogen and oxygen atoms in total. The van der Waals surface area contributed by atoms with Gasteiger partial charge in [-0.1, -0.05) is 13.8 Å². The van der Waals surface area contributed by atoms with E-state index in [1.54, 1.807) is 0 Å². The van der Waals surface area contributed by atoms with Crippen molar-refractivity contribution in [2.24, 2.45) is 11.8 Å². The largest absolute Gasteiger partial charge is 0.444 e. The van der Waals surface area contributed by atoms with E-state index in [4.69, 9.17) is 10.6 Å². The monoisotopic (exact) mass is 232 g/mol. The van der Waals surface area contributed by atoms with Gasteiger partial charge in [0.25, 0.3) is 0 Å². The molecule has 0 radical (unpaired) electrons. The molecule has 0 aromatic carbocycles. The molecule has 0 aliphatic carbocycles. The Morgan fingerprint density at radius 1 is 1.38 bits per heavy atom. The number of rotatable bonds is 5. The number of hydrogen-bond donors (Lipinski definition) is 2. The van der Waals surface area contributed by atoms with Gasteiger partial charge in [-0.05, 0) is 33.1 Å². The molecule has 0 saturated carbocycles. The average molecular weight is 232 g/mol. The third kappa shape index (κ3) is 8.49. The van der Waals surface area contributed by atoms with Crippen LogP contribution >= 0.6 is 0 Å². The Kier molecular flexibility index (Phi) is 6.36. The van der Waals surface area contributed by atoms with Crippen LogP contribution in [0.5, 0.6) is 0 Å². The van der Waals surface area contributed by atoms with Crippen LogP contribution in [0, 0.1) is 5.92 Å². The van der Waals surface area contributed by atoms with E-state index in [1.165, 1.54) is 0 Å². The molecule has 0 fully saturated rings. The van der Waals surface area contributed by atoms with Crippen molar-refractivity contribution >= 4 is 6.09 Å². The van der Waals surface area contributed by atoms with Crippen molar-refractivity contribution in [1.82, 2.24) is 5.32 Å². The zero-order valence-corrected chi connectivity index (χ0v) is 10.9. The van der Waals surface area contributed by atoms with E-state index in [0.29, 0.717) is 5.92 Å². The van der Waals surface area contributed by atoms with Gasteiger partial charge >= 0.3 is 6.09 Å². The summed E-state index contributed by atoms with van der Waals surface area (Å²) in [5.41, 5.74) is -0.490. The van der Waals surface area contributed by atoms with Crippen molar-refractivity contribution in [3.05, 3.63) is 0 Å². The molecule has 0 aliphatic rings. The predicted octanol–water partition coefficient (Wildman–Crippen LogP) is 1.82. The van der Waals surface area contributed by atoms with Crippen LogP contribution in [0.2, 0.25) is 0 Å². The van der Waals surface area contributed by atoms with E-state index in [0.717, 1.165) is 6.42 Å². The number of nitrogens with two attached hydrogens (primary N) is 1. The lowest BCUT2D eigenvalue weighted by Gasteiger charge is -2.24. The minimum atomic E-state index is -0.490. The molecule has 0 rings (SSSR count). The van der Waals surface area contributed by atoms with Crippen LogP contribution in [0.1, 0.15) is 41.0 Å². The molecule has 5 heteroatoms. The predicted molar refractivity (Wildman–Crippen MR) is 62.8 cm³/mol. The number of carbonyl (C=O) groups is 1. The maximum atomic E-state index is 11.5. The average Bonchev–Trinajstić information content (AvgIpc) is 1.98. The molecular weight excluding hydrogens is 208 g/mol. The summed E-state index contributed by atoms with van der Waals surface area (Å²) in [7, 11) is 0. The van der Waals surface area contributed by atoms with Crippen molar-refractivity contribution in [2.75, 3.05) is 6.61 Å². The van der Waals surface area contributed by atoms with Gasteiger partial charge in [-0.3, -0.25) is 0 Å². The van der Waals surface area contributed by atoms with Crippen molar-refractivity contribution < 1.29 is 14.4 Å². The van der Waals surface area contributed by atoms with Crippen molar-refractivity contribution in [3.63, 3.8) is 0 Å². The molecule has 0 spiro atoms. The fraction of sp³-hybridized carbons (Fsp3) is 0.909. The molecule has 1 amide bonds. The van der Waals surface area contributed by atoms with Crippen LogP contribution in [0.15, 0.2) is 0 Å². The Balaban J connectivity index is 4.12. The minimum Gasteiger partial charge on any atom is -0.444 e. The summed E-state index contributed by atoms with van der Waals surface area (Å²) >= 11 is 0. The normalized spacial score (nSPS) is 13.7. The topological polar surface area (TPSA) is 73.6 Å². The second-order valence-corrected chi connectivity index (χ2v) is 5.31. The number of nitrogens with one attached hydrogen (secondary N) is 1.